The van der Waals surface area contributed by atoms with Gasteiger partial charge >= 0.3 is 0 Å². The van der Waals surface area contributed by atoms with Crippen molar-refractivity contribution < 1.29 is 14.3 Å². The third-order valence-electron chi connectivity index (χ3n) is 4.17. The van der Waals surface area contributed by atoms with Gasteiger partial charge in [-0.3, -0.25) is 9.59 Å². The molecule has 2 amide bonds. The van der Waals surface area contributed by atoms with Gasteiger partial charge in [0.2, 0.25) is 11.8 Å². The summed E-state index contributed by atoms with van der Waals surface area (Å²) in [7, 11) is 1.61. The number of hydrogen-bond donors (Lipinski definition) is 1. The van der Waals surface area contributed by atoms with Crippen LogP contribution >= 0.6 is 0 Å². The lowest BCUT2D eigenvalue weighted by Crippen LogP contribution is -2.36. The molecular weight excluding hydrogens is 328 g/mol. The first kappa shape index (κ1) is 19.5. The molecule has 0 spiro atoms. The number of amides is 2. The van der Waals surface area contributed by atoms with E-state index >= 15 is 0 Å². The van der Waals surface area contributed by atoms with Gasteiger partial charge in [0.25, 0.3) is 0 Å². The minimum absolute atomic E-state index is 0.00773. The van der Waals surface area contributed by atoms with Gasteiger partial charge in [-0.25, -0.2) is 0 Å². The SMILES string of the molecule is COc1ccc(CN(CC(=O)Nc2ccccc2C(C)C)C(C)=O)cc1. The van der Waals surface area contributed by atoms with Crippen molar-refractivity contribution in [3.63, 3.8) is 0 Å². The van der Waals surface area contributed by atoms with Crippen molar-refractivity contribution in [2.75, 3.05) is 19.0 Å². The van der Waals surface area contributed by atoms with Crippen molar-refractivity contribution in [2.45, 2.75) is 33.2 Å². The highest BCUT2D eigenvalue weighted by Crippen LogP contribution is 2.23. The quantitative estimate of drug-likeness (QED) is 0.823. The largest absolute Gasteiger partial charge is 0.497 e. The van der Waals surface area contributed by atoms with E-state index in [1.54, 1.807) is 7.11 Å². The Morgan fingerprint density at radius 1 is 1.08 bits per heavy atom. The number of benzene rings is 2. The van der Waals surface area contributed by atoms with Gasteiger partial charge < -0.3 is 15.0 Å². The standard InChI is InChI=1S/C21H26N2O3/c1-15(2)19-7-5-6-8-20(19)22-21(25)14-23(16(3)24)13-17-9-11-18(26-4)12-10-17/h5-12,15H,13-14H2,1-4H3,(H,22,25). The predicted octanol–water partition coefficient (Wildman–Crippen LogP) is 3.81. The Morgan fingerprint density at radius 2 is 1.73 bits per heavy atom. The van der Waals surface area contributed by atoms with Crippen LogP contribution in [0, 0.1) is 0 Å². The van der Waals surface area contributed by atoms with E-state index in [2.05, 4.69) is 19.2 Å². The maximum atomic E-state index is 12.5. The number of hydrogen-bond acceptors (Lipinski definition) is 3. The highest BCUT2D eigenvalue weighted by atomic mass is 16.5. The Kier molecular flexibility index (Phi) is 6.78. The van der Waals surface area contributed by atoms with Crippen LogP contribution in [0.5, 0.6) is 5.75 Å². The Hall–Kier alpha value is -2.82. The second-order valence-corrected chi connectivity index (χ2v) is 6.51. The third-order valence-corrected chi connectivity index (χ3v) is 4.17. The molecule has 0 saturated heterocycles. The number of ether oxygens (including phenoxy) is 1. The number of rotatable bonds is 7. The van der Waals surface area contributed by atoms with Crippen molar-refractivity contribution in [2.24, 2.45) is 0 Å². The fourth-order valence-corrected chi connectivity index (χ4v) is 2.71. The molecule has 0 bridgehead atoms. The summed E-state index contributed by atoms with van der Waals surface area (Å²) in [5.41, 5.74) is 2.81. The summed E-state index contributed by atoms with van der Waals surface area (Å²) in [6.07, 6.45) is 0. The van der Waals surface area contributed by atoms with Crippen LogP contribution in [-0.4, -0.2) is 30.4 Å². The number of methoxy groups -OCH3 is 1. The molecule has 0 radical (unpaired) electrons. The van der Waals surface area contributed by atoms with Gasteiger partial charge in [-0.15, -0.1) is 0 Å². The smallest absolute Gasteiger partial charge is 0.244 e. The molecule has 1 N–H and O–H groups in total. The minimum atomic E-state index is -0.207. The fraction of sp³-hybridized carbons (Fsp3) is 0.333. The molecule has 5 nitrogen and oxygen atoms in total. The van der Waals surface area contributed by atoms with E-state index in [1.807, 2.05) is 48.5 Å². The van der Waals surface area contributed by atoms with E-state index in [9.17, 15) is 9.59 Å². The van der Waals surface area contributed by atoms with Gasteiger partial charge in [0.05, 0.1) is 7.11 Å². The second-order valence-electron chi connectivity index (χ2n) is 6.51. The van der Waals surface area contributed by atoms with Gasteiger partial charge in [0, 0.05) is 19.2 Å². The number of carbonyl (C=O) groups excluding carboxylic acids is 2. The summed E-state index contributed by atoms with van der Waals surface area (Å²) in [6.45, 7) is 6.01. The monoisotopic (exact) mass is 354 g/mol. The van der Waals surface area contributed by atoms with Gasteiger partial charge in [-0.05, 0) is 35.2 Å². The minimum Gasteiger partial charge on any atom is -0.497 e. The third kappa shape index (κ3) is 5.34. The van der Waals surface area contributed by atoms with Crippen LogP contribution in [0.3, 0.4) is 0 Å². The molecular formula is C21H26N2O3. The highest BCUT2D eigenvalue weighted by Gasteiger charge is 2.16. The number of carbonyl (C=O) groups is 2. The zero-order valence-corrected chi connectivity index (χ0v) is 15.8. The van der Waals surface area contributed by atoms with Crippen LogP contribution in [0.2, 0.25) is 0 Å². The van der Waals surface area contributed by atoms with Gasteiger partial charge in [0.1, 0.15) is 12.3 Å². The predicted molar refractivity (Wildman–Crippen MR) is 103 cm³/mol. The van der Waals surface area contributed by atoms with Crippen molar-refractivity contribution in [3.8, 4) is 5.75 Å². The van der Waals surface area contributed by atoms with Crippen LogP contribution in [0.15, 0.2) is 48.5 Å². The molecule has 0 heterocycles. The number of nitrogens with zero attached hydrogens (tertiary/aromatic N) is 1. The molecule has 2 aromatic rings. The molecule has 0 saturated carbocycles. The summed E-state index contributed by atoms with van der Waals surface area (Å²) in [5, 5.41) is 2.93. The summed E-state index contributed by atoms with van der Waals surface area (Å²) >= 11 is 0. The van der Waals surface area contributed by atoms with E-state index in [-0.39, 0.29) is 18.4 Å². The summed E-state index contributed by atoms with van der Waals surface area (Å²) in [5.74, 6) is 0.704. The number of para-hydroxylation sites is 1. The van der Waals surface area contributed by atoms with Gasteiger partial charge in [-0.1, -0.05) is 44.2 Å². The van der Waals surface area contributed by atoms with E-state index in [0.29, 0.717) is 12.5 Å². The zero-order chi connectivity index (χ0) is 19.1. The number of nitrogens with one attached hydrogen (secondary N) is 1. The molecule has 2 aromatic carbocycles. The fourth-order valence-electron chi connectivity index (χ4n) is 2.71. The molecule has 0 unspecified atom stereocenters. The molecule has 0 aliphatic rings. The first-order valence-electron chi connectivity index (χ1n) is 8.68. The maximum absolute atomic E-state index is 12.5. The molecule has 138 valence electrons. The lowest BCUT2D eigenvalue weighted by molar-refractivity contribution is -0.133. The molecule has 0 aliphatic heterocycles. The van der Waals surface area contributed by atoms with Gasteiger partial charge in [0.15, 0.2) is 0 Å². The molecule has 2 rings (SSSR count). The molecule has 26 heavy (non-hydrogen) atoms. The molecule has 0 aliphatic carbocycles. The summed E-state index contributed by atoms with van der Waals surface area (Å²) in [6, 6.07) is 15.2. The van der Waals surface area contributed by atoms with Crippen LogP contribution in [0.1, 0.15) is 37.8 Å². The topological polar surface area (TPSA) is 58.6 Å². The Balaban J connectivity index is 2.05. The van der Waals surface area contributed by atoms with Crippen molar-refractivity contribution in [1.29, 1.82) is 0 Å². The van der Waals surface area contributed by atoms with Crippen molar-refractivity contribution >= 4 is 17.5 Å². The van der Waals surface area contributed by atoms with Crippen LogP contribution < -0.4 is 10.1 Å². The van der Waals surface area contributed by atoms with Crippen LogP contribution in [0.4, 0.5) is 5.69 Å². The van der Waals surface area contributed by atoms with Crippen LogP contribution in [-0.2, 0) is 16.1 Å². The van der Waals surface area contributed by atoms with E-state index in [0.717, 1.165) is 22.6 Å². The summed E-state index contributed by atoms with van der Waals surface area (Å²) in [4.78, 5) is 25.9. The highest BCUT2D eigenvalue weighted by molar-refractivity contribution is 5.95. The lowest BCUT2D eigenvalue weighted by atomic mass is 10.0. The lowest BCUT2D eigenvalue weighted by Gasteiger charge is -2.21. The van der Waals surface area contributed by atoms with Gasteiger partial charge in [-0.2, -0.15) is 0 Å². The molecule has 0 fully saturated rings. The Labute approximate surface area is 155 Å². The molecule has 0 aromatic heterocycles. The van der Waals surface area contributed by atoms with E-state index < -0.39 is 0 Å². The zero-order valence-electron chi connectivity index (χ0n) is 15.8. The maximum Gasteiger partial charge on any atom is 0.244 e. The first-order valence-corrected chi connectivity index (χ1v) is 8.68. The van der Waals surface area contributed by atoms with Crippen LogP contribution in [0.25, 0.3) is 0 Å². The van der Waals surface area contributed by atoms with Crippen molar-refractivity contribution in [1.82, 2.24) is 4.90 Å². The Morgan fingerprint density at radius 3 is 2.31 bits per heavy atom. The van der Waals surface area contributed by atoms with E-state index in [1.165, 1.54) is 11.8 Å². The first-order chi connectivity index (χ1) is 12.4. The Bertz CT molecular complexity index is 754. The number of anilines is 1. The molecule has 0 atom stereocenters. The van der Waals surface area contributed by atoms with E-state index in [4.69, 9.17) is 4.74 Å². The normalized spacial score (nSPS) is 10.5. The van der Waals surface area contributed by atoms with Crippen molar-refractivity contribution in [3.05, 3.63) is 59.7 Å². The summed E-state index contributed by atoms with van der Waals surface area (Å²) < 4.78 is 5.14. The second kappa shape index (κ2) is 9.04. The molecule has 5 heteroatoms. The average Bonchev–Trinajstić information content (AvgIpc) is 2.62. The average molecular weight is 354 g/mol.